The molecule has 0 bridgehead atoms. The number of nitrogens with one attached hydrogen (secondary N) is 1. The molecule has 1 amide bonds. The van der Waals surface area contributed by atoms with E-state index < -0.39 is 0 Å². The number of nitrogens with zero attached hydrogens (tertiary/aromatic N) is 1. The highest BCUT2D eigenvalue weighted by Crippen LogP contribution is 2.16. The summed E-state index contributed by atoms with van der Waals surface area (Å²) in [5, 5.41) is 13.5. The summed E-state index contributed by atoms with van der Waals surface area (Å²) < 4.78 is 5.33. The molecule has 2 N–H and O–H groups in total. The lowest BCUT2D eigenvalue weighted by molar-refractivity contribution is -0.123. The van der Waals surface area contributed by atoms with Crippen molar-refractivity contribution in [1.82, 2.24) is 5.43 Å². The van der Waals surface area contributed by atoms with Gasteiger partial charge in [0, 0.05) is 5.56 Å². The van der Waals surface area contributed by atoms with Crippen LogP contribution in [0.15, 0.2) is 47.6 Å². The highest BCUT2D eigenvalue weighted by molar-refractivity contribution is 5.85. The van der Waals surface area contributed by atoms with E-state index in [1.807, 2.05) is 32.0 Å². The first-order valence-electron chi connectivity index (χ1n) is 6.85. The molecule has 0 saturated heterocycles. The van der Waals surface area contributed by atoms with Crippen molar-refractivity contribution in [1.29, 1.82) is 0 Å². The summed E-state index contributed by atoms with van der Waals surface area (Å²) in [4.78, 5) is 11.6. The Morgan fingerprint density at radius 2 is 1.86 bits per heavy atom. The maximum atomic E-state index is 11.6. The molecule has 0 aliphatic heterocycles. The molecule has 0 aliphatic rings. The Morgan fingerprint density at radius 1 is 1.18 bits per heavy atom. The Morgan fingerprint density at radius 3 is 2.55 bits per heavy atom. The lowest BCUT2D eigenvalue weighted by Crippen LogP contribution is -2.24. The third-order valence-electron chi connectivity index (χ3n) is 2.97. The Bertz CT molecular complexity index is 679. The molecule has 0 saturated carbocycles. The van der Waals surface area contributed by atoms with Gasteiger partial charge in [-0.1, -0.05) is 23.8 Å². The van der Waals surface area contributed by atoms with Crippen LogP contribution in [-0.2, 0) is 4.79 Å². The number of aryl methyl sites for hydroxylation is 2. The van der Waals surface area contributed by atoms with E-state index in [0.717, 1.165) is 11.1 Å². The Labute approximate surface area is 129 Å². The monoisotopic (exact) mass is 298 g/mol. The Kier molecular flexibility index (Phi) is 5.14. The van der Waals surface area contributed by atoms with E-state index >= 15 is 0 Å². The van der Waals surface area contributed by atoms with Crippen LogP contribution in [0.25, 0.3) is 0 Å². The molecular weight excluding hydrogens is 280 g/mol. The molecular formula is C17H18N2O3. The van der Waals surface area contributed by atoms with Crippen LogP contribution < -0.4 is 10.2 Å². The average Bonchev–Trinajstić information content (AvgIpc) is 2.49. The molecule has 2 aromatic rings. The molecule has 114 valence electrons. The third kappa shape index (κ3) is 4.63. The summed E-state index contributed by atoms with van der Waals surface area (Å²) >= 11 is 0. The second kappa shape index (κ2) is 7.26. The van der Waals surface area contributed by atoms with Crippen LogP contribution in [0.4, 0.5) is 0 Å². The number of ether oxygens (including phenoxy) is 1. The van der Waals surface area contributed by atoms with Crippen LogP contribution >= 0.6 is 0 Å². The molecule has 0 spiro atoms. The number of carbonyl (C=O) groups is 1. The van der Waals surface area contributed by atoms with E-state index in [9.17, 15) is 9.90 Å². The Hall–Kier alpha value is -2.82. The average molecular weight is 298 g/mol. The topological polar surface area (TPSA) is 70.9 Å². The van der Waals surface area contributed by atoms with Crippen LogP contribution in [0.3, 0.4) is 0 Å². The molecule has 22 heavy (non-hydrogen) atoms. The van der Waals surface area contributed by atoms with Gasteiger partial charge in [-0.05, 0) is 43.7 Å². The molecule has 2 rings (SSSR count). The Balaban J connectivity index is 1.82. The van der Waals surface area contributed by atoms with Crippen LogP contribution in [0.1, 0.15) is 16.7 Å². The maximum absolute atomic E-state index is 11.6. The standard InChI is InChI=1S/C17H18N2O3/c1-12-4-7-15(8-5-12)22-11-17(21)19-18-10-14-6-3-13(2)9-16(14)20/h3-10,20H,11H2,1-2H3,(H,19,21)/b18-10+. The van der Waals surface area contributed by atoms with Crippen molar-refractivity contribution in [2.24, 2.45) is 5.10 Å². The highest BCUT2D eigenvalue weighted by Gasteiger charge is 2.02. The SMILES string of the molecule is Cc1ccc(OCC(=O)N/N=C/c2ccc(C)cc2O)cc1. The highest BCUT2D eigenvalue weighted by atomic mass is 16.5. The van der Waals surface area contributed by atoms with Crippen LogP contribution in [0.2, 0.25) is 0 Å². The number of rotatable bonds is 5. The number of hydrogen-bond donors (Lipinski definition) is 2. The van der Waals surface area contributed by atoms with E-state index in [-0.39, 0.29) is 18.3 Å². The fourth-order valence-electron chi connectivity index (χ4n) is 1.75. The number of benzene rings is 2. The molecule has 0 unspecified atom stereocenters. The van der Waals surface area contributed by atoms with Crippen LogP contribution in [-0.4, -0.2) is 23.8 Å². The van der Waals surface area contributed by atoms with Gasteiger partial charge in [-0.2, -0.15) is 5.10 Å². The number of amides is 1. The van der Waals surface area contributed by atoms with Crippen LogP contribution in [0.5, 0.6) is 11.5 Å². The van der Waals surface area contributed by atoms with Crippen molar-refractivity contribution >= 4 is 12.1 Å². The van der Waals surface area contributed by atoms with Gasteiger partial charge in [0.05, 0.1) is 6.21 Å². The lowest BCUT2D eigenvalue weighted by Gasteiger charge is -2.05. The molecule has 5 heteroatoms. The van der Waals surface area contributed by atoms with Crippen molar-refractivity contribution < 1.29 is 14.6 Å². The second-order valence-corrected chi connectivity index (χ2v) is 4.96. The second-order valence-electron chi connectivity index (χ2n) is 4.96. The molecule has 0 radical (unpaired) electrons. The van der Waals surface area contributed by atoms with Gasteiger partial charge in [-0.25, -0.2) is 5.43 Å². The number of phenols is 1. The smallest absolute Gasteiger partial charge is 0.277 e. The summed E-state index contributed by atoms with van der Waals surface area (Å²) in [5.74, 6) is 0.373. The number of aromatic hydroxyl groups is 1. The van der Waals surface area contributed by atoms with E-state index in [2.05, 4.69) is 10.5 Å². The number of hydrazone groups is 1. The minimum atomic E-state index is -0.372. The summed E-state index contributed by atoms with van der Waals surface area (Å²) in [6.07, 6.45) is 1.39. The summed E-state index contributed by atoms with van der Waals surface area (Å²) in [7, 11) is 0. The minimum absolute atomic E-state index is 0.119. The van der Waals surface area contributed by atoms with E-state index in [1.54, 1.807) is 24.3 Å². The third-order valence-corrected chi connectivity index (χ3v) is 2.97. The maximum Gasteiger partial charge on any atom is 0.277 e. The summed E-state index contributed by atoms with van der Waals surface area (Å²) in [6.45, 7) is 3.73. The lowest BCUT2D eigenvalue weighted by atomic mass is 10.1. The number of carbonyl (C=O) groups excluding carboxylic acids is 1. The van der Waals surface area contributed by atoms with Gasteiger partial charge in [0.25, 0.3) is 5.91 Å². The first-order valence-corrected chi connectivity index (χ1v) is 6.85. The number of hydrogen-bond acceptors (Lipinski definition) is 4. The largest absolute Gasteiger partial charge is 0.507 e. The van der Waals surface area contributed by atoms with Gasteiger partial charge in [0.1, 0.15) is 11.5 Å². The van der Waals surface area contributed by atoms with Gasteiger partial charge in [-0.3, -0.25) is 4.79 Å². The summed E-state index contributed by atoms with van der Waals surface area (Å²) in [6, 6.07) is 12.6. The van der Waals surface area contributed by atoms with Crippen molar-refractivity contribution in [2.45, 2.75) is 13.8 Å². The van der Waals surface area contributed by atoms with Crippen molar-refractivity contribution in [3.05, 3.63) is 59.2 Å². The van der Waals surface area contributed by atoms with E-state index in [1.165, 1.54) is 6.21 Å². The zero-order valence-electron chi connectivity index (χ0n) is 12.5. The van der Waals surface area contributed by atoms with Gasteiger partial charge in [-0.15, -0.1) is 0 Å². The zero-order chi connectivity index (χ0) is 15.9. The first-order chi connectivity index (χ1) is 10.5. The molecule has 0 aromatic heterocycles. The molecule has 0 heterocycles. The molecule has 0 aliphatic carbocycles. The first kappa shape index (κ1) is 15.6. The van der Waals surface area contributed by atoms with Crippen LogP contribution in [0, 0.1) is 13.8 Å². The fourth-order valence-corrected chi connectivity index (χ4v) is 1.75. The van der Waals surface area contributed by atoms with E-state index in [0.29, 0.717) is 11.3 Å². The molecule has 0 fully saturated rings. The normalized spacial score (nSPS) is 10.6. The quantitative estimate of drug-likeness (QED) is 0.658. The minimum Gasteiger partial charge on any atom is -0.507 e. The van der Waals surface area contributed by atoms with Crippen molar-refractivity contribution in [3.8, 4) is 11.5 Å². The molecule has 2 aromatic carbocycles. The fraction of sp³-hybridized carbons (Fsp3) is 0.176. The zero-order valence-corrected chi connectivity index (χ0v) is 12.5. The van der Waals surface area contributed by atoms with Gasteiger partial charge >= 0.3 is 0 Å². The predicted molar refractivity (Wildman–Crippen MR) is 85.3 cm³/mol. The number of phenolic OH excluding ortho intramolecular Hbond substituents is 1. The summed E-state index contributed by atoms with van der Waals surface area (Å²) in [5.41, 5.74) is 4.96. The predicted octanol–water partition coefficient (Wildman–Crippen LogP) is 2.54. The van der Waals surface area contributed by atoms with Crippen molar-refractivity contribution in [2.75, 3.05) is 6.61 Å². The van der Waals surface area contributed by atoms with Gasteiger partial charge < -0.3 is 9.84 Å². The molecule has 5 nitrogen and oxygen atoms in total. The molecule has 0 atom stereocenters. The van der Waals surface area contributed by atoms with Gasteiger partial charge in [0.2, 0.25) is 0 Å². The van der Waals surface area contributed by atoms with Gasteiger partial charge in [0.15, 0.2) is 6.61 Å². The van der Waals surface area contributed by atoms with E-state index in [4.69, 9.17) is 4.74 Å². The van der Waals surface area contributed by atoms with Crippen molar-refractivity contribution in [3.63, 3.8) is 0 Å².